The molecule has 0 radical (unpaired) electrons. The van der Waals surface area contributed by atoms with E-state index in [4.69, 9.17) is 18.9 Å². The third kappa shape index (κ3) is 4.69. The summed E-state index contributed by atoms with van der Waals surface area (Å²) in [5, 5.41) is 2.72. The molecule has 144 valence electrons. The van der Waals surface area contributed by atoms with Crippen LogP contribution < -0.4 is 19.5 Å². The maximum atomic E-state index is 12.5. The van der Waals surface area contributed by atoms with Gasteiger partial charge in [0.15, 0.2) is 17.6 Å². The second kappa shape index (κ2) is 8.93. The fourth-order valence-corrected chi connectivity index (χ4v) is 2.51. The Kier molecular flexibility index (Phi) is 6.65. The van der Waals surface area contributed by atoms with Crippen molar-refractivity contribution in [3.05, 3.63) is 47.5 Å². The third-order valence-electron chi connectivity index (χ3n) is 3.86. The van der Waals surface area contributed by atoms with E-state index < -0.39 is 18.0 Å². The van der Waals surface area contributed by atoms with Gasteiger partial charge in [0, 0.05) is 5.69 Å². The van der Waals surface area contributed by atoms with Crippen LogP contribution in [0.4, 0.5) is 5.69 Å². The number of carbonyl (C=O) groups is 2. The Hall–Kier alpha value is -3.22. The predicted octanol–water partition coefficient (Wildman–Crippen LogP) is 3.20. The molecule has 1 atom stereocenters. The van der Waals surface area contributed by atoms with E-state index in [1.165, 1.54) is 34.3 Å². The quantitative estimate of drug-likeness (QED) is 0.751. The van der Waals surface area contributed by atoms with Crippen molar-refractivity contribution in [1.82, 2.24) is 0 Å². The molecular formula is C20H23NO6. The van der Waals surface area contributed by atoms with Gasteiger partial charge in [0.2, 0.25) is 5.75 Å². The number of amides is 1. The molecule has 0 aromatic heterocycles. The van der Waals surface area contributed by atoms with Crippen molar-refractivity contribution in [1.29, 1.82) is 0 Å². The summed E-state index contributed by atoms with van der Waals surface area (Å²) in [4.78, 5) is 24.8. The number of methoxy groups -OCH3 is 3. The average molecular weight is 373 g/mol. The highest BCUT2D eigenvalue weighted by Gasteiger charge is 2.25. The molecule has 0 bridgehead atoms. The average Bonchev–Trinajstić information content (AvgIpc) is 2.66. The second-order valence-electron chi connectivity index (χ2n) is 5.79. The molecule has 7 nitrogen and oxygen atoms in total. The molecule has 0 saturated heterocycles. The van der Waals surface area contributed by atoms with Gasteiger partial charge in [-0.05, 0) is 43.7 Å². The summed E-state index contributed by atoms with van der Waals surface area (Å²) in [6.07, 6.45) is -1.00. The lowest BCUT2D eigenvalue weighted by Gasteiger charge is -2.17. The van der Waals surface area contributed by atoms with E-state index in [-0.39, 0.29) is 17.1 Å². The summed E-state index contributed by atoms with van der Waals surface area (Å²) < 4.78 is 21.0. The topological polar surface area (TPSA) is 83.1 Å². The minimum atomic E-state index is -1.00. The van der Waals surface area contributed by atoms with Crippen LogP contribution >= 0.6 is 0 Å². The number of anilines is 1. The van der Waals surface area contributed by atoms with Crippen molar-refractivity contribution < 1.29 is 28.5 Å². The lowest BCUT2D eigenvalue weighted by Crippen LogP contribution is -2.30. The van der Waals surface area contributed by atoms with Crippen LogP contribution in [0.25, 0.3) is 0 Å². The number of benzene rings is 2. The van der Waals surface area contributed by atoms with Crippen LogP contribution in [0, 0.1) is 6.92 Å². The molecule has 2 rings (SSSR count). The molecule has 7 heteroatoms. The smallest absolute Gasteiger partial charge is 0.342 e. The molecule has 0 fully saturated rings. The number of nitrogens with one attached hydrogen (secondary N) is 1. The van der Waals surface area contributed by atoms with Gasteiger partial charge in [-0.2, -0.15) is 0 Å². The predicted molar refractivity (Wildman–Crippen MR) is 101 cm³/mol. The molecule has 2 aromatic rings. The summed E-state index contributed by atoms with van der Waals surface area (Å²) in [6.45, 7) is 3.42. The summed E-state index contributed by atoms with van der Waals surface area (Å²) in [7, 11) is 4.32. The molecule has 0 spiro atoms. The van der Waals surface area contributed by atoms with Gasteiger partial charge in [-0.25, -0.2) is 4.79 Å². The third-order valence-corrected chi connectivity index (χ3v) is 3.86. The Morgan fingerprint density at radius 3 is 2.26 bits per heavy atom. The van der Waals surface area contributed by atoms with Crippen LogP contribution in [0.3, 0.4) is 0 Å². The molecule has 27 heavy (non-hydrogen) atoms. The first kappa shape index (κ1) is 20.1. The zero-order valence-electron chi connectivity index (χ0n) is 16.0. The lowest BCUT2D eigenvalue weighted by atomic mass is 10.1. The fraction of sp³-hybridized carbons (Fsp3) is 0.300. The zero-order valence-corrected chi connectivity index (χ0v) is 16.0. The Balaban J connectivity index is 2.15. The van der Waals surface area contributed by atoms with Gasteiger partial charge in [-0.3, -0.25) is 4.79 Å². The monoisotopic (exact) mass is 373 g/mol. The van der Waals surface area contributed by atoms with Crippen LogP contribution in [0.2, 0.25) is 0 Å². The van der Waals surface area contributed by atoms with Gasteiger partial charge in [-0.15, -0.1) is 0 Å². The maximum absolute atomic E-state index is 12.5. The van der Waals surface area contributed by atoms with Gasteiger partial charge >= 0.3 is 5.97 Å². The molecule has 0 aliphatic heterocycles. The molecule has 0 saturated carbocycles. The van der Waals surface area contributed by atoms with Crippen molar-refractivity contribution in [2.45, 2.75) is 20.0 Å². The lowest BCUT2D eigenvalue weighted by molar-refractivity contribution is -0.123. The summed E-state index contributed by atoms with van der Waals surface area (Å²) in [5.74, 6) is -0.288. The molecule has 0 aliphatic carbocycles. The van der Waals surface area contributed by atoms with E-state index in [1.54, 1.807) is 12.1 Å². The minimum Gasteiger partial charge on any atom is -0.493 e. The highest BCUT2D eigenvalue weighted by atomic mass is 16.6. The van der Waals surface area contributed by atoms with Crippen LogP contribution in [0.15, 0.2) is 36.4 Å². The number of carbonyl (C=O) groups excluding carboxylic acids is 2. The van der Waals surface area contributed by atoms with Crippen LogP contribution in [-0.4, -0.2) is 39.3 Å². The highest BCUT2D eigenvalue weighted by molar-refractivity contribution is 5.99. The van der Waals surface area contributed by atoms with Gasteiger partial charge in [0.05, 0.1) is 21.3 Å². The van der Waals surface area contributed by atoms with E-state index in [2.05, 4.69) is 5.32 Å². The van der Waals surface area contributed by atoms with Crippen molar-refractivity contribution in [3.8, 4) is 17.2 Å². The van der Waals surface area contributed by atoms with Crippen molar-refractivity contribution >= 4 is 17.6 Å². The molecular weight excluding hydrogens is 350 g/mol. The number of hydrogen-bond donors (Lipinski definition) is 1. The normalized spacial score (nSPS) is 11.3. The first-order valence-corrected chi connectivity index (χ1v) is 8.28. The number of esters is 1. The van der Waals surface area contributed by atoms with Crippen LogP contribution in [0.5, 0.6) is 17.2 Å². The molecule has 0 unspecified atom stereocenters. The first-order chi connectivity index (χ1) is 12.9. The van der Waals surface area contributed by atoms with Crippen LogP contribution in [0.1, 0.15) is 22.8 Å². The van der Waals surface area contributed by atoms with Crippen molar-refractivity contribution in [2.75, 3.05) is 26.6 Å². The SMILES string of the molecule is COc1ccc(C(=O)O[C@@H](C)C(=O)Nc2cccc(C)c2)c(OC)c1OC. The van der Waals surface area contributed by atoms with E-state index in [0.29, 0.717) is 11.4 Å². The highest BCUT2D eigenvalue weighted by Crippen LogP contribution is 2.40. The van der Waals surface area contributed by atoms with Gasteiger partial charge in [-0.1, -0.05) is 12.1 Å². The largest absolute Gasteiger partial charge is 0.493 e. The molecule has 1 N–H and O–H groups in total. The van der Waals surface area contributed by atoms with Crippen molar-refractivity contribution in [3.63, 3.8) is 0 Å². The second-order valence-corrected chi connectivity index (χ2v) is 5.79. The number of hydrogen-bond acceptors (Lipinski definition) is 6. The van der Waals surface area contributed by atoms with Crippen molar-refractivity contribution in [2.24, 2.45) is 0 Å². The molecule has 2 aromatic carbocycles. The maximum Gasteiger partial charge on any atom is 0.342 e. The molecule has 0 aliphatic rings. The van der Waals surface area contributed by atoms with Crippen LogP contribution in [-0.2, 0) is 9.53 Å². The van der Waals surface area contributed by atoms with Gasteiger partial charge in [0.25, 0.3) is 5.91 Å². The molecule has 1 amide bonds. The first-order valence-electron chi connectivity index (χ1n) is 8.28. The van der Waals surface area contributed by atoms with E-state index >= 15 is 0 Å². The number of aryl methyl sites for hydroxylation is 1. The minimum absolute atomic E-state index is 0.130. The standard InChI is InChI=1S/C20H23NO6/c1-12-7-6-8-14(11-12)21-19(22)13(2)27-20(23)15-9-10-16(24-3)18(26-5)17(15)25-4/h6-11,13H,1-5H3,(H,21,22)/t13-/m0/s1. The summed E-state index contributed by atoms with van der Waals surface area (Å²) >= 11 is 0. The van der Waals surface area contributed by atoms with Gasteiger partial charge in [0.1, 0.15) is 5.56 Å². The Morgan fingerprint density at radius 2 is 1.67 bits per heavy atom. The Morgan fingerprint density at radius 1 is 0.963 bits per heavy atom. The number of rotatable bonds is 7. The summed E-state index contributed by atoms with van der Waals surface area (Å²) in [5.41, 5.74) is 1.77. The summed E-state index contributed by atoms with van der Waals surface area (Å²) in [6, 6.07) is 10.4. The fourth-order valence-electron chi connectivity index (χ4n) is 2.51. The molecule has 0 heterocycles. The zero-order chi connectivity index (χ0) is 20.0. The van der Waals surface area contributed by atoms with E-state index in [1.807, 2.05) is 25.1 Å². The van der Waals surface area contributed by atoms with Gasteiger partial charge < -0.3 is 24.3 Å². The Bertz CT molecular complexity index is 833. The van der Waals surface area contributed by atoms with E-state index in [9.17, 15) is 9.59 Å². The Labute approximate surface area is 158 Å². The number of ether oxygens (including phenoxy) is 4. The van der Waals surface area contributed by atoms with E-state index in [0.717, 1.165) is 5.56 Å².